The third kappa shape index (κ3) is 3.28. The summed E-state index contributed by atoms with van der Waals surface area (Å²) in [6.45, 7) is 8.42. The van der Waals surface area contributed by atoms with Crippen LogP contribution in [0.4, 0.5) is 4.79 Å². The largest absolute Gasteiger partial charge is 0.489 e. The molecule has 1 fully saturated rings. The topological polar surface area (TPSA) is 51.7 Å². The van der Waals surface area contributed by atoms with Gasteiger partial charge in [-0.1, -0.05) is 0 Å². The summed E-state index contributed by atoms with van der Waals surface area (Å²) < 4.78 is 10.9. The summed E-state index contributed by atoms with van der Waals surface area (Å²) >= 11 is 0. The van der Waals surface area contributed by atoms with Crippen LogP contribution in [0.5, 0.6) is 5.75 Å². The molecule has 0 bridgehead atoms. The first-order valence-corrected chi connectivity index (χ1v) is 7.23. The molecule has 0 aromatic carbocycles. The van der Waals surface area contributed by atoms with Crippen molar-refractivity contribution in [1.29, 1.82) is 0 Å². The fourth-order valence-corrected chi connectivity index (χ4v) is 2.68. The molecule has 1 heterocycles. The van der Waals surface area contributed by atoms with Gasteiger partial charge >= 0.3 is 6.09 Å². The molecule has 116 valence electrons. The first-order valence-electron chi connectivity index (χ1n) is 7.23. The Morgan fingerprint density at radius 3 is 2.57 bits per heavy atom. The molecule has 1 aliphatic carbocycles. The van der Waals surface area contributed by atoms with E-state index in [0.29, 0.717) is 6.61 Å². The van der Waals surface area contributed by atoms with Crippen molar-refractivity contribution >= 4 is 6.09 Å². The van der Waals surface area contributed by atoms with Crippen molar-refractivity contribution in [3.63, 3.8) is 0 Å². The molecule has 1 aromatic rings. The normalized spacial score (nSPS) is 16.2. The predicted molar refractivity (Wildman–Crippen MR) is 80.4 cm³/mol. The van der Waals surface area contributed by atoms with Gasteiger partial charge in [0.25, 0.3) is 0 Å². The second kappa shape index (κ2) is 5.54. The summed E-state index contributed by atoms with van der Waals surface area (Å²) in [6.07, 6.45) is 3.30. The van der Waals surface area contributed by atoms with Crippen LogP contribution in [0.3, 0.4) is 0 Å². The van der Waals surface area contributed by atoms with Gasteiger partial charge in [0, 0.05) is 11.7 Å². The van der Waals surface area contributed by atoms with Crippen LogP contribution in [0.15, 0.2) is 18.3 Å². The zero-order chi connectivity index (χ0) is 15.7. The molecule has 21 heavy (non-hydrogen) atoms. The summed E-state index contributed by atoms with van der Waals surface area (Å²) in [5, 5.41) is 0. The van der Waals surface area contributed by atoms with Crippen LogP contribution in [0.2, 0.25) is 0 Å². The molecule has 2 rings (SSSR count). The number of rotatable bonds is 4. The van der Waals surface area contributed by atoms with E-state index < -0.39 is 0 Å². The minimum absolute atomic E-state index is 0.270. The lowest BCUT2D eigenvalue weighted by molar-refractivity contribution is 0.0299. The first kappa shape index (κ1) is 15.6. The van der Waals surface area contributed by atoms with Crippen LogP contribution in [0.25, 0.3) is 0 Å². The second-order valence-electron chi connectivity index (χ2n) is 6.58. The third-order valence-corrected chi connectivity index (χ3v) is 3.78. The SMILES string of the molecule is COC(=O)N(C(C)(C)C)C1(COc2cccnc2C)CC1. The lowest BCUT2D eigenvalue weighted by atomic mass is 10.0. The Morgan fingerprint density at radius 2 is 2.10 bits per heavy atom. The molecule has 0 N–H and O–H groups in total. The molecule has 0 spiro atoms. The Hall–Kier alpha value is -1.78. The van der Waals surface area contributed by atoms with Gasteiger partial charge in [0.05, 0.1) is 18.3 Å². The summed E-state index contributed by atoms with van der Waals surface area (Å²) in [7, 11) is 1.42. The van der Waals surface area contributed by atoms with Crippen LogP contribution in [-0.2, 0) is 4.74 Å². The molecule has 5 heteroatoms. The summed E-state index contributed by atoms with van der Waals surface area (Å²) in [5.41, 5.74) is 0.276. The van der Waals surface area contributed by atoms with Gasteiger partial charge in [0.15, 0.2) is 0 Å². The number of pyridine rings is 1. The minimum atomic E-state index is -0.309. The van der Waals surface area contributed by atoms with E-state index in [9.17, 15) is 4.79 Å². The van der Waals surface area contributed by atoms with Gasteiger partial charge < -0.3 is 9.47 Å². The number of nitrogens with zero attached hydrogens (tertiary/aromatic N) is 2. The first-order chi connectivity index (χ1) is 9.80. The molecule has 0 saturated heterocycles. The number of aromatic nitrogens is 1. The fraction of sp³-hybridized carbons (Fsp3) is 0.625. The average Bonchev–Trinajstić information content (AvgIpc) is 3.17. The van der Waals surface area contributed by atoms with Crippen LogP contribution >= 0.6 is 0 Å². The summed E-state index contributed by atoms with van der Waals surface area (Å²) in [6, 6.07) is 3.75. The number of aryl methyl sites for hydroxylation is 1. The van der Waals surface area contributed by atoms with Gasteiger partial charge in [-0.2, -0.15) is 0 Å². The highest BCUT2D eigenvalue weighted by molar-refractivity contribution is 5.70. The number of amides is 1. The number of hydrogen-bond acceptors (Lipinski definition) is 4. The van der Waals surface area contributed by atoms with E-state index in [0.717, 1.165) is 24.3 Å². The molecular formula is C16H24N2O3. The summed E-state index contributed by atoms with van der Waals surface area (Å²) in [4.78, 5) is 18.2. The fourth-order valence-electron chi connectivity index (χ4n) is 2.68. The number of hydrogen-bond donors (Lipinski definition) is 0. The smallest absolute Gasteiger partial charge is 0.410 e. The number of carbonyl (C=O) groups is 1. The molecule has 1 amide bonds. The molecule has 1 aliphatic rings. The highest BCUT2D eigenvalue weighted by atomic mass is 16.5. The van der Waals surface area contributed by atoms with E-state index in [2.05, 4.69) is 4.98 Å². The molecule has 1 aromatic heterocycles. The van der Waals surface area contributed by atoms with E-state index in [1.54, 1.807) is 6.20 Å². The molecule has 0 radical (unpaired) electrons. The highest BCUT2D eigenvalue weighted by Gasteiger charge is 2.55. The van der Waals surface area contributed by atoms with Crippen molar-refractivity contribution < 1.29 is 14.3 Å². The van der Waals surface area contributed by atoms with Gasteiger partial charge in [-0.05, 0) is 52.7 Å². The van der Waals surface area contributed by atoms with Crippen molar-refractivity contribution in [2.45, 2.75) is 51.6 Å². The maximum atomic E-state index is 12.2. The molecular weight excluding hydrogens is 268 g/mol. The number of methoxy groups -OCH3 is 1. The van der Waals surface area contributed by atoms with Gasteiger partial charge in [-0.15, -0.1) is 0 Å². The molecule has 0 aliphatic heterocycles. The zero-order valence-corrected chi connectivity index (χ0v) is 13.5. The molecule has 5 nitrogen and oxygen atoms in total. The van der Waals surface area contributed by atoms with Crippen molar-refractivity contribution in [3.05, 3.63) is 24.0 Å². The number of carbonyl (C=O) groups excluding carboxylic acids is 1. The third-order valence-electron chi connectivity index (χ3n) is 3.78. The van der Waals surface area contributed by atoms with E-state index in [-0.39, 0.29) is 17.2 Å². The van der Waals surface area contributed by atoms with Gasteiger partial charge in [0.2, 0.25) is 0 Å². The van der Waals surface area contributed by atoms with Gasteiger partial charge in [0.1, 0.15) is 12.4 Å². The van der Waals surface area contributed by atoms with Crippen molar-refractivity contribution in [1.82, 2.24) is 9.88 Å². The maximum Gasteiger partial charge on any atom is 0.410 e. The maximum absolute atomic E-state index is 12.2. The van der Waals surface area contributed by atoms with E-state index in [1.165, 1.54) is 7.11 Å². The second-order valence-corrected chi connectivity index (χ2v) is 6.58. The van der Waals surface area contributed by atoms with Gasteiger partial charge in [-0.3, -0.25) is 9.88 Å². The number of ether oxygens (including phenoxy) is 2. The Labute approximate surface area is 126 Å². The predicted octanol–water partition coefficient (Wildman–Crippen LogP) is 3.17. The van der Waals surface area contributed by atoms with Crippen molar-refractivity contribution in [2.75, 3.05) is 13.7 Å². The lowest BCUT2D eigenvalue weighted by Crippen LogP contribution is -2.55. The lowest BCUT2D eigenvalue weighted by Gasteiger charge is -2.41. The standard InChI is InChI=1S/C16H24N2O3/c1-12-13(7-6-10-17-12)21-11-16(8-9-16)18(14(19)20-5)15(2,3)4/h6-7,10H,8-9,11H2,1-5H3. The van der Waals surface area contributed by atoms with Crippen molar-refractivity contribution in [3.8, 4) is 5.75 Å². The monoisotopic (exact) mass is 292 g/mol. The van der Waals surface area contributed by atoms with Crippen LogP contribution in [-0.4, -0.2) is 40.8 Å². The Morgan fingerprint density at radius 1 is 1.43 bits per heavy atom. The molecule has 1 saturated carbocycles. The Balaban J connectivity index is 2.14. The van der Waals surface area contributed by atoms with Crippen molar-refractivity contribution in [2.24, 2.45) is 0 Å². The Kier molecular flexibility index (Phi) is 4.12. The molecule has 0 unspecified atom stereocenters. The highest BCUT2D eigenvalue weighted by Crippen LogP contribution is 2.46. The van der Waals surface area contributed by atoms with Crippen LogP contribution < -0.4 is 4.74 Å². The minimum Gasteiger partial charge on any atom is -0.489 e. The van der Waals surface area contributed by atoms with Crippen LogP contribution in [0.1, 0.15) is 39.3 Å². The molecule has 0 atom stereocenters. The average molecular weight is 292 g/mol. The Bertz CT molecular complexity index is 518. The van der Waals surface area contributed by atoms with E-state index in [4.69, 9.17) is 9.47 Å². The quantitative estimate of drug-likeness (QED) is 0.855. The van der Waals surface area contributed by atoms with Crippen LogP contribution in [0, 0.1) is 6.92 Å². The van der Waals surface area contributed by atoms with E-state index >= 15 is 0 Å². The summed E-state index contributed by atoms with van der Waals surface area (Å²) in [5.74, 6) is 0.766. The van der Waals surface area contributed by atoms with E-state index in [1.807, 2.05) is 44.7 Å². The van der Waals surface area contributed by atoms with Gasteiger partial charge in [-0.25, -0.2) is 4.79 Å². The zero-order valence-electron chi connectivity index (χ0n) is 13.5.